The molecule has 0 aliphatic rings. The fourth-order valence-electron chi connectivity index (χ4n) is 3.08. The Hall–Kier alpha value is -3.24. The first kappa shape index (κ1) is 21.0. The average Bonchev–Trinajstić information content (AvgIpc) is 3.17. The molecule has 0 unspecified atom stereocenters. The van der Waals surface area contributed by atoms with Crippen LogP contribution in [0.25, 0.3) is 16.0 Å². The molecule has 2 heterocycles. The Labute approximate surface area is 184 Å². The van der Waals surface area contributed by atoms with Gasteiger partial charge in [0.25, 0.3) is 5.56 Å². The average molecular weight is 457 g/mol. The van der Waals surface area contributed by atoms with Crippen molar-refractivity contribution in [1.82, 2.24) is 14.1 Å². The molecule has 0 aliphatic heterocycles. The zero-order valence-corrected chi connectivity index (χ0v) is 18.2. The van der Waals surface area contributed by atoms with E-state index < -0.39 is 23.0 Å². The van der Waals surface area contributed by atoms with Gasteiger partial charge in [0.1, 0.15) is 17.1 Å². The number of thiazole rings is 1. The van der Waals surface area contributed by atoms with Crippen LogP contribution < -0.4 is 16.6 Å². The molecule has 0 aliphatic carbocycles. The number of benzene rings is 2. The van der Waals surface area contributed by atoms with Crippen LogP contribution in [0.2, 0.25) is 0 Å². The minimum Gasteiger partial charge on any atom is -0.324 e. The summed E-state index contributed by atoms with van der Waals surface area (Å²) < 4.78 is 16.5. The van der Waals surface area contributed by atoms with Gasteiger partial charge in [-0.25, -0.2) is 18.7 Å². The molecule has 31 heavy (non-hydrogen) atoms. The molecule has 0 saturated heterocycles. The lowest BCUT2D eigenvalue weighted by Crippen LogP contribution is -2.40. The van der Waals surface area contributed by atoms with Gasteiger partial charge in [0.05, 0.1) is 5.69 Å². The highest BCUT2D eigenvalue weighted by atomic mass is 32.2. The SMILES string of the molecule is CSc1nc2c(s1)c(=O)n(-c1ccc(C)cc1)c(=O)n2CC(=O)Nc1cccc(F)c1. The van der Waals surface area contributed by atoms with Gasteiger partial charge in [-0.1, -0.05) is 35.5 Å². The van der Waals surface area contributed by atoms with Crippen LogP contribution in [0, 0.1) is 12.7 Å². The van der Waals surface area contributed by atoms with Crippen molar-refractivity contribution >= 4 is 45.0 Å². The zero-order chi connectivity index (χ0) is 22.1. The van der Waals surface area contributed by atoms with E-state index in [1.165, 1.54) is 45.9 Å². The molecule has 4 aromatic rings. The number of nitrogens with zero attached hydrogens (tertiary/aromatic N) is 3. The van der Waals surface area contributed by atoms with Crippen molar-refractivity contribution in [3.8, 4) is 5.69 Å². The maximum Gasteiger partial charge on any atom is 0.337 e. The van der Waals surface area contributed by atoms with Gasteiger partial charge in [0.2, 0.25) is 5.91 Å². The molecule has 10 heteroatoms. The summed E-state index contributed by atoms with van der Waals surface area (Å²) >= 11 is 2.52. The number of halogens is 1. The zero-order valence-electron chi connectivity index (χ0n) is 16.6. The number of amides is 1. The van der Waals surface area contributed by atoms with Crippen molar-refractivity contribution in [2.24, 2.45) is 0 Å². The number of thioether (sulfide) groups is 1. The molecule has 0 radical (unpaired) electrons. The van der Waals surface area contributed by atoms with Gasteiger partial charge < -0.3 is 5.32 Å². The quantitative estimate of drug-likeness (QED) is 0.465. The summed E-state index contributed by atoms with van der Waals surface area (Å²) in [6.07, 6.45) is 1.81. The maximum absolute atomic E-state index is 13.4. The van der Waals surface area contributed by atoms with E-state index in [-0.39, 0.29) is 22.6 Å². The molecule has 4 rings (SSSR count). The Bertz CT molecular complexity index is 1410. The van der Waals surface area contributed by atoms with E-state index in [0.29, 0.717) is 10.0 Å². The first-order valence-electron chi connectivity index (χ1n) is 9.20. The van der Waals surface area contributed by atoms with Crippen LogP contribution in [0.1, 0.15) is 5.56 Å². The molecule has 7 nitrogen and oxygen atoms in total. The summed E-state index contributed by atoms with van der Waals surface area (Å²) in [6.45, 7) is 1.52. The molecule has 0 atom stereocenters. The van der Waals surface area contributed by atoms with Crippen molar-refractivity contribution in [1.29, 1.82) is 0 Å². The number of hydrogen-bond acceptors (Lipinski definition) is 6. The van der Waals surface area contributed by atoms with Crippen molar-refractivity contribution in [2.75, 3.05) is 11.6 Å². The van der Waals surface area contributed by atoms with E-state index >= 15 is 0 Å². The predicted octanol–water partition coefficient (Wildman–Crippen LogP) is 3.42. The molecule has 2 aromatic carbocycles. The fraction of sp³-hybridized carbons (Fsp3) is 0.143. The Kier molecular flexibility index (Phi) is 5.75. The molecular formula is C21H17FN4O3S2. The van der Waals surface area contributed by atoms with Crippen LogP contribution in [0.4, 0.5) is 10.1 Å². The standard InChI is InChI=1S/C21H17FN4O3S2/c1-12-6-8-15(9-7-12)26-19(28)17-18(24-20(30-2)31-17)25(21(26)29)11-16(27)23-14-5-3-4-13(22)10-14/h3-10H,11H2,1-2H3,(H,23,27). The van der Waals surface area contributed by atoms with Gasteiger partial charge in [-0.05, 0) is 43.5 Å². The van der Waals surface area contributed by atoms with Gasteiger partial charge in [-0.3, -0.25) is 14.2 Å². The maximum atomic E-state index is 13.4. The highest BCUT2D eigenvalue weighted by molar-refractivity contribution is 8.00. The largest absolute Gasteiger partial charge is 0.337 e. The molecule has 0 bridgehead atoms. The van der Waals surface area contributed by atoms with Crippen LogP contribution >= 0.6 is 23.1 Å². The van der Waals surface area contributed by atoms with Crippen molar-refractivity contribution < 1.29 is 9.18 Å². The number of hydrogen-bond donors (Lipinski definition) is 1. The Morgan fingerprint density at radius 3 is 2.61 bits per heavy atom. The van der Waals surface area contributed by atoms with Crippen molar-refractivity contribution in [3.05, 3.63) is 80.7 Å². The summed E-state index contributed by atoms with van der Waals surface area (Å²) in [5.41, 5.74) is 0.652. The third kappa shape index (κ3) is 4.17. The minimum absolute atomic E-state index is 0.155. The van der Waals surface area contributed by atoms with Gasteiger partial charge in [0.15, 0.2) is 9.99 Å². The normalized spacial score (nSPS) is 11.1. The molecule has 158 valence electrons. The third-order valence-electron chi connectivity index (χ3n) is 4.54. The fourth-order valence-corrected chi connectivity index (χ4v) is 4.57. The minimum atomic E-state index is -0.673. The number of aryl methyl sites for hydroxylation is 1. The second kappa shape index (κ2) is 8.48. The molecule has 1 N–H and O–H groups in total. The molecule has 2 aromatic heterocycles. The first-order valence-corrected chi connectivity index (χ1v) is 11.2. The lowest BCUT2D eigenvalue weighted by Gasteiger charge is -2.12. The molecule has 0 saturated carbocycles. The van der Waals surface area contributed by atoms with E-state index in [9.17, 15) is 18.8 Å². The highest BCUT2D eigenvalue weighted by Crippen LogP contribution is 2.25. The highest BCUT2D eigenvalue weighted by Gasteiger charge is 2.20. The number of anilines is 1. The topological polar surface area (TPSA) is 86.0 Å². The summed E-state index contributed by atoms with van der Waals surface area (Å²) in [5, 5.41) is 2.57. The van der Waals surface area contributed by atoms with Crippen LogP contribution in [0.15, 0.2) is 62.5 Å². The van der Waals surface area contributed by atoms with Crippen LogP contribution in [-0.2, 0) is 11.3 Å². The number of carbonyl (C=O) groups excluding carboxylic acids is 1. The van der Waals surface area contributed by atoms with Gasteiger partial charge >= 0.3 is 5.69 Å². The molecule has 1 amide bonds. The summed E-state index contributed by atoms with van der Waals surface area (Å²) in [4.78, 5) is 43.4. The van der Waals surface area contributed by atoms with E-state index in [2.05, 4.69) is 10.3 Å². The molecule has 0 fully saturated rings. The smallest absolute Gasteiger partial charge is 0.324 e. The number of rotatable bonds is 5. The van der Waals surface area contributed by atoms with E-state index in [1.807, 2.05) is 13.2 Å². The van der Waals surface area contributed by atoms with Gasteiger partial charge in [0, 0.05) is 5.69 Å². The lowest BCUT2D eigenvalue weighted by molar-refractivity contribution is -0.116. The Morgan fingerprint density at radius 2 is 1.94 bits per heavy atom. The van der Waals surface area contributed by atoms with Crippen molar-refractivity contribution in [2.45, 2.75) is 17.8 Å². The number of nitrogens with one attached hydrogen (secondary N) is 1. The number of carbonyl (C=O) groups is 1. The third-order valence-corrected chi connectivity index (χ3v) is 6.56. The molecule has 0 spiro atoms. The lowest BCUT2D eigenvalue weighted by atomic mass is 10.2. The second-order valence-corrected chi connectivity index (χ2v) is 8.79. The molecular weight excluding hydrogens is 439 g/mol. The van der Waals surface area contributed by atoms with E-state index in [1.54, 1.807) is 30.3 Å². The van der Waals surface area contributed by atoms with Gasteiger partial charge in [-0.15, -0.1) is 11.3 Å². The Morgan fingerprint density at radius 1 is 1.19 bits per heavy atom. The van der Waals surface area contributed by atoms with E-state index in [4.69, 9.17) is 0 Å². The monoisotopic (exact) mass is 456 g/mol. The number of aromatic nitrogens is 3. The summed E-state index contributed by atoms with van der Waals surface area (Å²) in [7, 11) is 0. The van der Waals surface area contributed by atoms with Crippen molar-refractivity contribution in [3.63, 3.8) is 0 Å². The second-order valence-electron chi connectivity index (χ2n) is 6.74. The summed E-state index contributed by atoms with van der Waals surface area (Å²) in [5.74, 6) is -1.03. The first-order chi connectivity index (χ1) is 14.9. The predicted molar refractivity (Wildman–Crippen MR) is 121 cm³/mol. The van der Waals surface area contributed by atoms with Crippen LogP contribution in [0.3, 0.4) is 0 Å². The van der Waals surface area contributed by atoms with Crippen LogP contribution in [0.5, 0.6) is 0 Å². The summed E-state index contributed by atoms with van der Waals surface area (Å²) in [6, 6.07) is 12.4. The van der Waals surface area contributed by atoms with E-state index in [0.717, 1.165) is 10.1 Å². The number of fused-ring (bicyclic) bond motifs is 1. The van der Waals surface area contributed by atoms with Gasteiger partial charge in [-0.2, -0.15) is 0 Å². The van der Waals surface area contributed by atoms with Crippen LogP contribution in [-0.4, -0.2) is 26.3 Å². The Balaban J connectivity index is 1.84.